The van der Waals surface area contributed by atoms with E-state index in [9.17, 15) is 4.79 Å². The minimum Gasteiger partial charge on any atom is -0.390 e. The number of carbonyl (C=O) groups excluding carboxylic acids is 1. The van der Waals surface area contributed by atoms with Crippen molar-refractivity contribution in [3.05, 3.63) is 0 Å². The molecule has 0 radical (unpaired) electrons. The van der Waals surface area contributed by atoms with Gasteiger partial charge in [-0.3, -0.25) is 4.79 Å². The van der Waals surface area contributed by atoms with Gasteiger partial charge in [0.1, 0.15) is 0 Å². The van der Waals surface area contributed by atoms with E-state index < -0.39 is 12.2 Å². The molecule has 58 valence electrons. The summed E-state index contributed by atoms with van der Waals surface area (Å²) in [4.78, 5) is 10.8. The zero-order valence-electron chi connectivity index (χ0n) is 5.83. The summed E-state index contributed by atoms with van der Waals surface area (Å²) in [6, 6.07) is 0. The molecule has 0 aromatic carbocycles. The Kier molecular flexibility index (Phi) is 2.24. The highest BCUT2D eigenvalue weighted by Gasteiger charge is 2.26. The van der Waals surface area contributed by atoms with Crippen LogP contribution < -0.4 is 5.32 Å². The fourth-order valence-corrected chi connectivity index (χ4v) is 0.895. The molecule has 1 saturated heterocycles. The fourth-order valence-electron chi connectivity index (χ4n) is 0.895. The molecule has 1 heterocycles. The monoisotopic (exact) mass is 145 g/mol. The van der Waals surface area contributed by atoms with Crippen molar-refractivity contribution in [1.82, 2.24) is 5.32 Å². The van der Waals surface area contributed by atoms with Gasteiger partial charge in [-0.15, -0.1) is 0 Å². The summed E-state index contributed by atoms with van der Waals surface area (Å²) in [5.41, 5.74) is 0. The molecule has 1 rings (SSSR count). The van der Waals surface area contributed by atoms with Crippen molar-refractivity contribution >= 4 is 5.91 Å². The number of morpholine rings is 1. The summed E-state index contributed by atoms with van der Waals surface area (Å²) in [5, 5.41) is 11.6. The highest BCUT2D eigenvalue weighted by atomic mass is 16.5. The lowest BCUT2D eigenvalue weighted by molar-refractivity contribution is -0.145. The Morgan fingerprint density at radius 2 is 2.60 bits per heavy atom. The summed E-state index contributed by atoms with van der Waals surface area (Å²) >= 11 is 0. The van der Waals surface area contributed by atoms with Gasteiger partial charge >= 0.3 is 0 Å². The third-order valence-electron chi connectivity index (χ3n) is 1.40. The predicted octanol–water partition coefficient (Wildman–Crippen LogP) is -1.12. The van der Waals surface area contributed by atoms with Gasteiger partial charge in [0.15, 0.2) is 6.10 Å². The minimum absolute atomic E-state index is 0.221. The first kappa shape index (κ1) is 7.50. The van der Waals surface area contributed by atoms with Crippen LogP contribution in [0.1, 0.15) is 6.92 Å². The molecule has 10 heavy (non-hydrogen) atoms. The zero-order chi connectivity index (χ0) is 7.56. The minimum atomic E-state index is -0.722. The maximum Gasteiger partial charge on any atom is 0.251 e. The third kappa shape index (κ3) is 1.46. The number of rotatable bonds is 1. The van der Waals surface area contributed by atoms with Crippen LogP contribution in [0.25, 0.3) is 0 Å². The van der Waals surface area contributed by atoms with E-state index in [0.717, 1.165) is 0 Å². The van der Waals surface area contributed by atoms with E-state index in [2.05, 4.69) is 5.32 Å². The standard InChI is InChI=1S/C6H11NO3/c1-4(8)5-6(9)7-2-3-10-5/h4-5,8H,2-3H2,1H3,(H,7,9). The van der Waals surface area contributed by atoms with Crippen LogP contribution in [0, 0.1) is 0 Å². The van der Waals surface area contributed by atoms with Gasteiger partial charge in [-0.1, -0.05) is 0 Å². The molecule has 0 saturated carbocycles. The summed E-state index contributed by atoms with van der Waals surface area (Å²) in [6.45, 7) is 2.57. The number of hydrogen-bond donors (Lipinski definition) is 2. The molecule has 2 atom stereocenters. The molecule has 4 heteroatoms. The second kappa shape index (κ2) is 2.98. The molecule has 0 aromatic rings. The fraction of sp³-hybridized carbons (Fsp3) is 0.833. The first-order valence-corrected chi connectivity index (χ1v) is 3.29. The third-order valence-corrected chi connectivity index (χ3v) is 1.40. The Morgan fingerprint density at radius 1 is 1.90 bits per heavy atom. The predicted molar refractivity (Wildman–Crippen MR) is 34.4 cm³/mol. The van der Waals surface area contributed by atoms with Gasteiger partial charge < -0.3 is 15.2 Å². The topological polar surface area (TPSA) is 58.6 Å². The van der Waals surface area contributed by atoms with Crippen molar-refractivity contribution in [2.75, 3.05) is 13.2 Å². The van der Waals surface area contributed by atoms with Crippen molar-refractivity contribution < 1.29 is 14.6 Å². The summed E-state index contributed by atoms with van der Waals surface area (Å²) in [7, 11) is 0. The van der Waals surface area contributed by atoms with Crippen LogP contribution in [0.2, 0.25) is 0 Å². The Labute approximate surface area is 59.2 Å². The quantitative estimate of drug-likeness (QED) is 0.491. The number of nitrogens with one attached hydrogen (secondary N) is 1. The van der Waals surface area contributed by atoms with E-state index in [0.29, 0.717) is 13.2 Å². The van der Waals surface area contributed by atoms with Crippen molar-refractivity contribution in [3.8, 4) is 0 Å². The number of amides is 1. The van der Waals surface area contributed by atoms with Crippen LogP contribution in [0.15, 0.2) is 0 Å². The van der Waals surface area contributed by atoms with Crippen LogP contribution in [-0.4, -0.2) is 36.4 Å². The van der Waals surface area contributed by atoms with Crippen molar-refractivity contribution in [2.45, 2.75) is 19.1 Å². The number of carbonyl (C=O) groups is 1. The van der Waals surface area contributed by atoms with Gasteiger partial charge in [-0.05, 0) is 6.92 Å². The van der Waals surface area contributed by atoms with Gasteiger partial charge in [0, 0.05) is 6.54 Å². The van der Waals surface area contributed by atoms with Gasteiger partial charge in [0.05, 0.1) is 12.7 Å². The van der Waals surface area contributed by atoms with E-state index in [1.807, 2.05) is 0 Å². The van der Waals surface area contributed by atoms with E-state index in [1.165, 1.54) is 6.92 Å². The van der Waals surface area contributed by atoms with E-state index in [1.54, 1.807) is 0 Å². The Hall–Kier alpha value is -0.610. The average Bonchev–Trinajstić information content (AvgIpc) is 1.88. The van der Waals surface area contributed by atoms with Gasteiger partial charge in [0.2, 0.25) is 0 Å². The molecular formula is C6H11NO3. The first-order valence-electron chi connectivity index (χ1n) is 3.29. The van der Waals surface area contributed by atoms with Crippen LogP contribution in [0.4, 0.5) is 0 Å². The van der Waals surface area contributed by atoms with Crippen LogP contribution in [0.5, 0.6) is 0 Å². The molecular weight excluding hydrogens is 134 g/mol. The molecule has 1 aliphatic rings. The lowest BCUT2D eigenvalue weighted by atomic mass is 10.2. The van der Waals surface area contributed by atoms with Gasteiger partial charge in [0.25, 0.3) is 5.91 Å². The van der Waals surface area contributed by atoms with E-state index in [-0.39, 0.29) is 5.91 Å². The first-order chi connectivity index (χ1) is 4.72. The van der Waals surface area contributed by atoms with Gasteiger partial charge in [-0.2, -0.15) is 0 Å². The Morgan fingerprint density at radius 3 is 3.00 bits per heavy atom. The molecule has 2 unspecified atom stereocenters. The lowest BCUT2D eigenvalue weighted by Crippen LogP contribution is -2.49. The summed E-state index contributed by atoms with van der Waals surface area (Å²) in [6.07, 6.45) is -1.39. The van der Waals surface area contributed by atoms with Gasteiger partial charge in [-0.25, -0.2) is 0 Å². The van der Waals surface area contributed by atoms with Crippen molar-refractivity contribution in [3.63, 3.8) is 0 Å². The molecule has 1 amide bonds. The number of ether oxygens (including phenoxy) is 1. The smallest absolute Gasteiger partial charge is 0.251 e. The SMILES string of the molecule is CC(O)C1OCCNC1=O. The molecule has 0 bridgehead atoms. The highest BCUT2D eigenvalue weighted by Crippen LogP contribution is 2.02. The molecule has 0 aliphatic carbocycles. The molecule has 1 fully saturated rings. The van der Waals surface area contributed by atoms with Crippen molar-refractivity contribution in [1.29, 1.82) is 0 Å². The highest BCUT2D eigenvalue weighted by molar-refractivity contribution is 5.81. The van der Waals surface area contributed by atoms with Crippen LogP contribution in [-0.2, 0) is 9.53 Å². The maximum atomic E-state index is 10.8. The number of aliphatic hydroxyl groups excluding tert-OH is 1. The second-order valence-corrected chi connectivity index (χ2v) is 2.32. The largest absolute Gasteiger partial charge is 0.390 e. The van der Waals surface area contributed by atoms with Crippen LogP contribution in [0.3, 0.4) is 0 Å². The van der Waals surface area contributed by atoms with E-state index in [4.69, 9.17) is 9.84 Å². The lowest BCUT2D eigenvalue weighted by Gasteiger charge is -2.24. The van der Waals surface area contributed by atoms with Crippen LogP contribution >= 0.6 is 0 Å². The molecule has 0 aromatic heterocycles. The maximum absolute atomic E-state index is 10.8. The second-order valence-electron chi connectivity index (χ2n) is 2.32. The average molecular weight is 145 g/mol. The molecule has 1 aliphatic heterocycles. The van der Waals surface area contributed by atoms with Crippen molar-refractivity contribution in [2.24, 2.45) is 0 Å². The Balaban J connectivity index is 2.48. The summed E-state index contributed by atoms with van der Waals surface area (Å²) in [5.74, 6) is -0.221. The molecule has 0 spiro atoms. The zero-order valence-corrected chi connectivity index (χ0v) is 5.83. The number of aliphatic hydroxyl groups is 1. The Bertz CT molecular complexity index is 135. The van der Waals surface area contributed by atoms with E-state index >= 15 is 0 Å². The normalized spacial score (nSPS) is 29.4. The molecule has 4 nitrogen and oxygen atoms in total. The number of hydrogen-bond acceptors (Lipinski definition) is 3. The molecule has 2 N–H and O–H groups in total. The summed E-state index contributed by atoms with van der Waals surface area (Å²) < 4.78 is 4.99.